The maximum atomic E-state index is 12.5. The van der Waals surface area contributed by atoms with E-state index in [2.05, 4.69) is 26.8 Å². The van der Waals surface area contributed by atoms with Gasteiger partial charge in [-0.15, -0.1) is 0 Å². The van der Waals surface area contributed by atoms with Crippen molar-refractivity contribution in [3.8, 4) is 11.5 Å². The van der Waals surface area contributed by atoms with Crippen LogP contribution in [-0.4, -0.2) is 123 Å². The molecule has 0 bridgehead atoms. The van der Waals surface area contributed by atoms with Crippen LogP contribution in [0.5, 0.6) is 11.5 Å². The molecule has 284 valence electrons. The zero-order valence-electron chi connectivity index (χ0n) is 30.3. The molecule has 1 heterocycles. The number of phenolic OH excluding ortho intramolecular Hbond substituents is 2. The highest BCUT2D eigenvalue weighted by Crippen LogP contribution is 2.37. The standard InChI is InChI=1S/C39H55N5O8/c1-27-16-30(34(49)32(18-27)38(23-45,24-46)36(40)51)21-43-12-6-10-42(20-29-8-4-3-5-9-29)11-7-13-44(15-14-43)22-31-17-28(2)19-33(35(31)50)39(25-47,26-48)37(41)52/h3-5,8-9,16-19,45-50H,6-7,10-15,20-26H2,1-2H3,(H2,40,51)(H2,41,52). The second-order valence-electron chi connectivity index (χ2n) is 14.2. The molecular formula is C39H55N5O8. The Morgan fingerprint density at radius 2 is 0.962 bits per heavy atom. The van der Waals surface area contributed by atoms with Gasteiger partial charge in [0.1, 0.15) is 22.3 Å². The molecule has 0 aromatic heterocycles. The fourth-order valence-corrected chi connectivity index (χ4v) is 7.15. The number of primary amides is 2. The third kappa shape index (κ3) is 9.10. The lowest BCUT2D eigenvalue weighted by molar-refractivity contribution is -0.127. The van der Waals surface area contributed by atoms with E-state index in [9.17, 15) is 40.2 Å². The van der Waals surface area contributed by atoms with E-state index < -0.39 is 49.1 Å². The quantitative estimate of drug-likeness (QED) is 0.116. The first-order chi connectivity index (χ1) is 24.8. The van der Waals surface area contributed by atoms with Crippen molar-refractivity contribution in [1.82, 2.24) is 14.7 Å². The molecule has 3 aromatic carbocycles. The van der Waals surface area contributed by atoms with E-state index in [1.165, 1.54) is 5.56 Å². The SMILES string of the molecule is Cc1cc(CN2CCCN(Cc3ccccc3)CCCN(Cc3cc(C)cc(C(CO)(CO)C(N)=O)c3O)CC2)c(O)c(C(CO)(CO)C(N)=O)c1. The molecule has 1 fully saturated rings. The molecule has 0 aliphatic carbocycles. The van der Waals surface area contributed by atoms with E-state index in [4.69, 9.17) is 11.5 Å². The molecule has 1 aliphatic heterocycles. The highest BCUT2D eigenvalue weighted by atomic mass is 16.3. The van der Waals surface area contributed by atoms with Crippen LogP contribution in [0.15, 0.2) is 54.6 Å². The summed E-state index contributed by atoms with van der Waals surface area (Å²) < 4.78 is 0. The number of rotatable bonds is 14. The number of aromatic hydroxyl groups is 2. The fourth-order valence-electron chi connectivity index (χ4n) is 7.15. The van der Waals surface area contributed by atoms with Crippen molar-refractivity contribution >= 4 is 11.8 Å². The van der Waals surface area contributed by atoms with Gasteiger partial charge in [-0.3, -0.25) is 24.3 Å². The molecule has 3 aromatic rings. The molecule has 52 heavy (non-hydrogen) atoms. The van der Waals surface area contributed by atoms with E-state index in [1.54, 1.807) is 12.1 Å². The van der Waals surface area contributed by atoms with Crippen LogP contribution in [0.2, 0.25) is 0 Å². The normalized spacial score (nSPS) is 16.0. The molecule has 13 heteroatoms. The van der Waals surface area contributed by atoms with Gasteiger partial charge < -0.3 is 42.1 Å². The van der Waals surface area contributed by atoms with Gasteiger partial charge in [0.15, 0.2) is 0 Å². The second kappa shape index (κ2) is 18.1. The summed E-state index contributed by atoms with van der Waals surface area (Å²) in [5.74, 6) is -2.29. The number of aliphatic hydroxyl groups is 4. The molecule has 0 atom stereocenters. The van der Waals surface area contributed by atoms with E-state index >= 15 is 0 Å². The van der Waals surface area contributed by atoms with Crippen molar-refractivity contribution < 1.29 is 40.2 Å². The van der Waals surface area contributed by atoms with Crippen LogP contribution >= 0.6 is 0 Å². The zero-order valence-corrected chi connectivity index (χ0v) is 30.3. The van der Waals surface area contributed by atoms with Crippen molar-refractivity contribution in [2.24, 2.45) is 11.5 Å². The minimum atomic E-state index is -1.85. The van der Waals surface area contributed by atoms with Gasteiger partial charge in [0.2, 0.25) is 11.8 Å². The number of nitrogens with two attached hydrogens (primary N) is 2. The van der Waals surface area contributed by atoms with Crippen molar-refractivity contribution in [2.45, 2.75) is 57.2 Å². The first-order valence-corrected chi connectivity index (χ1v) is 17.7. The van der Waals surface area contributed by atoms with E-state index in [-0.39, 0.29) is 22.6 Å². The molecule has 13 nitrogen and oxygen atoms in total. The molecule has 0 spiro atoms. The lowest BCUT2D eigenvalue weighted by Gasteiger charge is -2.31. The Morgan fingerprint density at radius 1 is 0.596 bits per heavy atom. The Labute approximate surface area is 305 Å². The number of hydrogen-bond donors (Lipinski definition) is 8. The van der Waals surface area contributed by atoms with Crippen LogP contribution in [-0.2, 0) is 40.1 Å². The Hall–Kier alpha value is -4.08. The van der Waals surface area contributed by atoms with E-state index in [0.717, 1.165) is 43.6 Å². The van der Waals surface area contributed by atoms with E-state index in [1.807, 2.05) is 44.2 Å². The topological polar surface area (TPSA) is 217 Å². The Kier molecular flexibility index (Phi) is 14.2. The first-order valence-electron chi connectivity index (χ1n) is 17.7. The van der Waals surface area contributed by atoms with Crippen LogP contribution in [0.4, 0.5) is 0 Å². The van der Waals surface area contributed by atoms with Gasteiger partial charge in [-0.1, -0.05) is 65.7 Å². The average Bonchev–Trinajstić information content (AvgIpc) is 3.15. The Bertz CT molecular complexity index is 1560. The monoisotopic (exact) mass is 721 g/mol. The maximum absolute atomic E-state index is 12.5. The van der Waals surface area contributed by atoms with Crippen molar-refractivity contribution in [2.75, 3.05) is 65.7 Å². The summed E-state index contributed by atoms with van der Waals surface area (Å²) in [6, 6.07) is 17.0. The predicted molar refractivity (Wildman–Crippen MR) is 197 cm³/mol. The molecule has 0 saturated carbocycles. The Morgan fingerprint density at radius 3 is 1.31 bits per heavy atom. The number of carbonyl (C=O) groups is 2. The zero-order chi connectivity index (χ0) is 38.1. The summed E-state index contributed by atoms with van der Waals surface area (Å²) in [7, 11) is 0. The van der Waals surface area contributed by atoms with Gasteiger partial charge in [-0.25, -0.2) is 0 Å². The van der Waals surface area contributed by atoms with Crippen molar-refractivity contribution in [3.05, 3.63) is 93.5 Å². The number of nitrogens with zero attached hydrogens (tertiary/aromatic N) is 3. The summed E-state index contributed by atoms with van der Waals surface area (Å²) in [6.45, 7) is 6.11. The number of phenols is 2. The molecule has 4 rings (SSSR count). The third-order valence-corrected chi connectivity index (χ3v) is 10.4. The lowest BCUT2D eigenvalue weighted by Crippen LogP contribution is -2.47. The number of benzene rings is 3. The minimum Gasteiger partial charge on any atom is -0.507 e. The highest BCUT2D eigenvalue weighted by molar-refractivity contribution is 5.89. The van der Waals surface area contributed by atoms with Crippen LogP contribution < -0.4 is 11.5 Å². The van der Waals surface area contributed by atoms with Crippen LogP contribution in [0.3, 0.4) is 0 Å². The molecule has 1 saturated heterocycles. The highest BCUT2D eigenvalue weighted by Gasteiger charge is 2.42. The number of hydrogen-bond acceptors (Lipinski definition) is 11. The van der Waals surface area contributed by atoms with Crippen molar-refractivity contribution in [3.63, 3.8) is 0 Å². The summed E-state index contributed by atoms with van der Waals surface area (Å²) >= 11 is 0. The van der Waals surface area contributed by atoms with Gasteiger partial charge in [0, 0.05) is 55.0 Å². The summed E-state index contributed by atoms with van der Waals surface area (Å²) in [5.41, 5.74) is 11.5. The van der Waals surface area contributed by atoms with Gasteiger partial charge in [-0.05, 0) is 58.4 Å². The fraction of sp³-hybridized carbons (Fsp3) is 0.487. The average molecular weight is 722 g/mol. The molecule has 1 aliphatic rings. The summed E-state index contributed by atoms with van der Waals surface area (Å²) in [4.78, 5) is 31.8. The van der Waals surface area contributed by atoms with Crippen LogP contribution in [0.1, 0.15) is 51.8 Å². The molecular weight excluding hydrogens is 666 g/mol. The van der Waals surface area contributed by atoms with Gasteiger partial charge >= 0.3 is 0 Å². The maximum Gasteiger partial charge on any atom is 0.232 e. The number of aryl methyl sites for hydroxylation is 2. The third-order valence-electron chi connectivity index (χ3n) is 10.4. The largest absolute Gasteiger partial charge is 0.507 e. The van der Waals surface area contributed by atoms with Gasteiger partial charge in [0.05, 0.1) is 26.4 Å². The lowest BCUT2D eigenvalue weighted by atomic mass is 9.79. The number of carbonyl (C=O) groups excluding carboxylic acids is 2. The number of aliphatic hydroxyl groups excluding tert-OH is 4. The van der Waals surface area contributed by atoms with Gasteiger partial charge in [0.25, 0.3) is 0 Å². The smallest absolute Gasteiger partial charge is 0.232 e. The van der Waals surface area contributed by atoms with Crippen LogP contribution in [0, 0.1) is 13.8 Å². The molecule has 2 amide bonds. The van der Waals surface area contributed by atoms with Gasteiger partial charge in [-0.2, -0.15) is 0 Å². The predicted octanol–water partition coefficient (Wildman–Crippen LogP) is 0.730. The molecule has 0 unspecified atom stereocenters. The van der Waals surface area contributed by atoms with Crippen molar-refractivity contribution in [1.29, 1.82) is 0 Å². The van der Waals surface area contributed by atoms with Crippen LogP contribution in [0.25, 0.3) is 0 Å². The summed E-state index contributed by atoms with van der Waals surface area (Å²) in [5, 5.41) is 63.6. The molecule has 10 N–H and O–H groups in total. The Balaban J connectivity index is 1.68. The van der Waals surface area contributed by atoms with E-state index in [0.29, 0.717) is 50.4 Å². The summed E-state index contributed by atoms with van der Waals surface area (Å²) in [6.07, 6.45) is 1.68. The molecule has 0 radical (unpaired) electrons. The number of amides is 2. The second-order valence-corrected chi connectivity index (χ2v) is 14.2. The first kappa shape index (κ1) is 40.7. The minimum absolute atomic E-state index is 0.0806.